The van der Waals surface area contributed by atoms with E-state index < -0.39 is 0 Å². The van der Waals surface area contributed by atoms with Gasteiger partial charge in [-0.25, -0.2) is 0 Å². The maximum atomic E-state index is 5.87. The molecule has 3 heterocycles. The molecule has 0 amide bonds. The molecule has 0 bridgehead atoms. The normalized spacial score (nSPS) is 18.0. The summed E-state index contributed by atoms with van der Waals surface area (Å²) >= 11 is 5.87. The standard InChI is InChI=1S/C37H44N8S/c46-36(38-29-37(18-10-11-19-37)30-12-4-1-5-13-30)41-35-39-33(44-24-20-42(21-25-44)31-14-6-2-7-15-31)28-34(40-35)45-26-22-43(23-27-45)32-16-8-3-9-17-32/h1-9,12-17,28H,10-11,18-27,29H2,(H2,38,39,40,41,46). The molecule has 0 radical (unpaired) electrons. The molecule has 2 aliphatic heterocycles. The van der Waals surface area contributed by atoms with E-state index in [1.54, 1.807) is 0 Å². The quantitative estimate of drug-likeness (QED) is 0.230. The Balaban J connectivity index is 1.07. The second-order valence-corrected chi connectivity index (χ2v) is 13.1. The number of hydrogen-bond acceptors (Lipinski definition) is 7. The summed E-state index contributed by atoms with van der Waals surface area (Å²) < 4.78 is 0. The van der Waals surface area contributed by atoms with Crippen LogP contribution in [0.4, 0.5) is 29.0 Å². The molecule has 4 aromatic rings. The lowest BCUT2D eigenvalue weighted by atomic mass is 9.79. The molecule has 2 N–H and O–H groups in total. The van der Waals surface area contributed by atoms with Crippen LogP contribution in [-0.4, -0.2) is 74.0 Å². The van der Waals surface area contributed by atoms with Crippen molar-refractivity contribution in [2.75, 3.05) is 83.8 Å². The van der Waals surface area contributed by atoms with Crippen molar-refractivity contribution in [2.24, 2.45) is 0 Å². The van der Waals surface area contributed by atoms with E-state index in [0.29, 0.717) is 11.1 Å². The highest BCUT2D eigenvalue weighted by Crippen LogP contribution is 2.40. The maximum absolute atomic E-state index is 5.87. The molecule has 3 fully saturated rings. The minimum Gasteiger partial charge on any atom is -0.368 e. The van der Waals surface area contributed by atoms with Gasteiger partial charge in [0.2, 0.25) is 5.95 Å². The number of rotatable bonds is 8. The summed E-state index contributed by atoms with van der Waals surface area (Å²) in [5.41, 5.74) is 4.05. The molecular weight excluding hydrogens is 589 g/mol. The fraction of sp³-hybridized carbons (Fsp3) is 0.378. The number of para-hydroxylation sites is 2. The zero-order valence-corrected chi connectivity index (χ0v) is 27.3. The number of nitrogens with one attached hydrogen (secondary N) is 2. The van der Waals surface area contributed by atoms with E-state index in [9.17, 15) is 0 Å². The van der Waals surface area contributed by atoms with Gasteiger partial charge in [-0.2, -0.15) is 9.97 Å². The van der Waals surface area contributed by atoms with Gasteiger partial charge in [0.25, 0.3) is 0 Å². The van der Waals surface area contributed by atoms with Gasteiger partial charge in [-0.3, -0.25) is 0 Å². The van der Waals surface area contributed by atoms with Crippen LogP contribution in [0.3, 0.4) is 0 Å². The van der Waals surface area contributed by atoms with Gasteiger partial charge in [0.05, 0.1) is 0 Å². The highest BCUT2D eigenvalue weighted by Gasteiger charge is 2.35. The Morgan fingerprint density at radius 3 is 1.52 bits per heavy atom. The van der Waals surface area contributed by atoms with Crippen molar-refractivity contribution in [3.05, 3.63) is 103 Å². The first-order chi connectivity index (χ1) is 22.6. The van der Waals surface area contributed by atoms with Crippen molar-refractivity contribution in [3.8, 4) is 0 Å². The van der Waals surface area contributed by atoms with Crippen LogP contribution in [0.25, 0.3) is 0 Å². The second-order valence-electron chi connectivity index (χ2n) is 12.7. The number of benzene rings is 3. The minimum atomic E-state index is 0.109. The third kappa shape index (κ3) is 6.89. The Morgan fingerprint density at radius 1 is 0.609 bits per heavy atom. The molecule has 3 aromatic carbocycles. The number of thiocarbonyl (C=S) groups is 1. The third-order valence-electron chi connectivity index (χ3n) is 9.91. The van der Waals surface area contributed by atoms with E-state index in [2.05, 4.69) is 127 Å². The first kappa shape index (κ1) is 30.3. The molecule has 0 atom stereocenters. The zero-order valence-electron chi connectivity index (χ0n) is 26.5. The molecule has 3 aliphatic rings. The predicted molar refractivity (Wildman–Crippen MR) is 195 cm³/mol. The third-order valence-corrected chi connectivity index (χ3v) is 10.2. The van der Waals surface area contributed by atoms with Gasteiger partial charge in [0, 0.05) is 81.8 Å². The Morgan fingerprint density at radius 2 is 1.04 bits per heavy atom. The van der Waals surface area contributed by atoms with Crippen LogP contribution in [-0.2, 0) is 5.41 Å². The molecule has 238 valence electrons. The molecule has 1 saturated carbocycles. The van der Waals surface area contributed by atoms with E-state index in [-0.39, 0.29) is 5.41 Å². The van der Waals surface area contributed by atoms with Gasteiger partial charge in [-0.15, -0.1) is 0 Å². The largest absolute Gasteiger partial charge is 0.368 e. The predicted octanol–water partition coefficient (Wildman–Crippen LogP) is 5.93. The lowest BCUT2D eigenvalue weighted by Crippen LogP contribution is -2.48. The lowest BCUT2D eigenvalue weighted by Gasteiger charge is -2.38. The minimum absolute atomic E-state index is 0.109. The van der Waals surface area contributed by atoms with Crippen molar-refractivity contribution >= 4 is 46.3 Å². The number of anilines is 5. The summed E-state index contributed by atoms with van der Waals surface area (Å²) in [6.07, 6.45) is 4.85. The topological polar surface area (TPSA) is 62.8 Å². The highest BCUT2D eigenvalue weighted by molar-refractivity contribution is 7.80. The van der Waals surface area contributed by atoms with Gasteiger partial charge < -0.3 is 30.2 Å². The molecule has 8 nitrogen and oxygen atoms in total. The average molecular weight is 633 g/mol. The Bertz CT molecular complexity index is 1490. The Hall–Kier alpha value is -4.37. The summed E-state index contributed by atoms with van der Waals surface area (Å²) in [4.78, 5) is 19.7. The van der Waals surface area contributed by atoms with E-state index >= 15 is 0 Å². The summed E-state index contributed by atoms with van der Waals surface area (Å²) in [7, 11) is 0. The summed E-state index contributed by atoms with van der Waals surface area (Å²) in [5.74, 6) is 2.45. The van der Waals surface area contributed by atoms with Gasteiger partial charge in [-0.05, 0) is 54.9 Å². The zero-order chi connectivity index (χ0) is 31.2. The molecule has 0 spiro atoms. The van der Waals surface area contributed by atoms with Gasteiger partial charge in [-0.1, -0.05) is 79.6 Å². The van der Waals surface area contributed by atoms with E-state index in [4.69, 9.17) is 22.2 Å². The van der Waals surface area contributed by atoms with Crippen LogP contribution < -0.4 is 30.2 Å². The fourth-order valence-electron chi connectivity index (χ4n) is 7.27. The first-order valence-corrected chi connectivity index (χ1v) is 17.2. The van der Waals surface area contributed by atoms with Crippen LogP contribution >= 0.6 is 12.2 Å². The number of aromatic nitrogens is 2. The Labute approximate surface area is 278 Å². The first-order valence-electron chi connectivity index (χ1n) is 16.7. The van der Waals surface area contributed by atoms with Crippen LogP contribution in [0.2, 0.25) is 0 Å². The van der Waals surface area contributed by atoms with Crippen molar-refractivity contribution < 1.29 is 0 Å². The molecule has 46 heavy (non-hydrogen) atoms. The molecule has 7 rings (SSSR count). The fourth-order valence-corrected chi connectivity index (χ4v) is 7.44. The average Bonchev–Trinajstić information content (AvgIpc) is 3.62. The van der Waals surface area contributed by atoms with Crippen LogP contribution in [0.15, 0.2) is 97.1 Å². The van der Waals surface area contributed by atoms with E-state index in [1.807, 2.05) is 0 Å². The van der Waals surface area contributed by atoms with Crippen molar-refractivity contribution in [3.63, 3.8) is 0 Å². The van der Waals surface area contributed by atoms with Crippen LogP contribution in [0.5, 0.6) is 0 Å². The van der Waals surface area contributed by atoms with Crippen LogP contribution in [0.1, 0.15) is 31.2 Å². The molecule has 9 heteroatoms. The molecule has 0 unspecified atom stereocenters. The van der Waals surface area contributed by atoms with E-state index in [1.165, 1.54) is 42.6 Å². The van der Waals surface area contributed by atoms with Crippen molar-refractivity contribution in [1.29, 1.82) is 0 Å². The second kappa shape index (κ2) is 14.0. The summed E-state index contributed by atoms with van der Waals surface area (Å²) in [5, 5.41) is 7.52. The van der Waals surface area contributed by atoms with Gasteiger partial charge in [0.1, 0.15) is 11.6 Å². The Kier molecular flexibility index (Phi) is 9.19. The van der Waals surface area contributed by atoms with E-state index in [0.717, 1.165) is 70.5 Å². The maximum Gasteiger partial charge on any atom is 0.232 e. The van der Waals surface area contributed by atoms with Crippen LogP contribution in [0, 0.1) is 0 Å². The van der Waals surface area contributed by atoms with Crippen molar-refractivity contribution in [1.82, 2.24) is 15.3 Å². The van der Waals surface area contributed by atoms with Crippen molar-refractivity contribution in [2.45, 2.75) is 31.1 Å². The summed E-state index contributed by atoms with van der Waals surface area (Å²) in [6.45, 7) is 8.19. The lowest BCUT2D eigenvalue weighted by molar-refractivity contribution is 0.435. The SMILES string of the molecule is S=C(NCC1(c2ccccc2)CCCC1)Nc1nc(N2CCN(c3ccccc3)CC2)cc(N2CCN(c3ccccc3)CC2)n1. The molecule has 1 aliphatic carbocycles. The molecule has 2 saturated heterocycles. The number of hydrogen-bond donors (Lipinski definition) is 2. The smallest absolute Gasteiger partial charge is 0.232 e. The van der Waals surface area contributed by atoms with Gasteiger partial charge >= 0.3 is 0 Å². The molecular formula is C37H44N8S. The number of nitrogens with zero attached hydrogens (tertiary/aromatic N) is 6. The van der Waals surface area contributed by atoms with Gasteiger partial charge in [0.15, 0.2) is 5.11 Å². The molecule has 1 aromatic heterocycles. The highest BCUT2D eigenvalue weighted by atomic mass is 32.1. The number of piperazine rings is 2. The monoisotopic (exact) mass is 632 g/mol. The summed E-state index contributed by atoms with van der Waals surface area (Å²) in [6, 6.07) is 34.4.